The zero-order valence-corrected chi connectivity index (χ0v) is 10.7. The van der Waals surface area contributed by atoms with Gasteiger partial charge in [0, 0.05) is 28.9 Å². The van der Waals surface area contributed by atoms with Crippen LogP contribution in [0, 0.1) is 0 Å². The van der Waals surface area contributed by atoms with Gasteiger partial charge in [-0.05, 0) is 18.2 Å². The molecule has 20 heavy (non-hydrogen) atoms. The van der Waals surface area contributed by atoms with Crippen molar-refractivity contribution in [1.29, 1.82) is 0 Å². The predicted octanol–water partition coefficient (Wildman–Crippen LogP) is 0.882. The number of pyridine rings is 1. The Labute approximate surface area is 114 Å². The third-order valence-corrected chi connectivity index (χ3v) is 3.13. The van der Waals surface area contributed by atoms with Gasteiger partial charge in [0.1, 0.15) is 0 Å². The summed E-state index contributed by atoms with van der Waals surface area (Å²) < 4.78 is 10.5. The van der Waals surface area contributed by atoms with E-state index in [9.17, 15) is 9.59 Å². The van der Waals surface area contributed by atoms with Gasteiger partial charge in [-0.25, -0.2) is 0 Å². The molecule has 0 bridgehead atoms. The van der Waals surface area contributed by atoms with Gasteiger partial charge in [-0.2, -0.15) is 0 Å². The Kier molecular flexibility index (Phi) is 3.49. The number of rotatable bonds is 2. The first-order chi connectivity index (χ1) is 9.74. The lowest BCUT2D eigenvalue weighted by Gasteiger charge is -2.22. The monoisotopic (exact) mass is 274 g/mol. The maximum Gasteiger partial charge on any atom is 0.255 e. The highest BCUT2D eigenvalue weighted by molar-refractivity contribution is 5.96. The first kappa shape index (κ1) is 12.8. The van der Waals surface area contributed by atoms with Crippen LogP contribution in [0.4, 0.5) is 5.69 Å². The molecule has 1 amide bonds. The molecular formula is C14H14N2O4. The van der Waals surface area contributed by atoms with Crippen molar-refractivity contribution in [3.8, 4) is 0 Å². The molecule has 104 valence electrons. The van der Waals surface area contributed by atoms with Gasteiger partial charge in [0.2, 0.25) is 0 Å². The van der Waals surface area contributed by atoms with Gasteiger partial charge in [0.25, 0.3) is 5.91 Å². The van der Waals surface area contributed by atoms with Gasteiger partial charge < -0.3 is 19.8 Å². The van der Waals surface area contributed by atoms with Crippen molar-refractivity contribution >= 4 is 22.5 Å². The number of anilines is 1. The second-order valence-corrected chi connectivity index (χ2v) is 4.53. The van der Waals surface area contributed by atoms with Gasteiger partial charge in [-0.15, -0.1) is 0 Å². The Bertz CT molecular complexity index is 689. The van der Waals surface area contributed by atoms with Crippen molar-refractivity contribution in [2.75, 3.05) is 25.1 Å². The lowest BCUT2D eigenvalue weighted by atomic mass is 10.2. The third-order valence-electron chi connectivity index (χ3n) is 3.13. The maximum atomic E-state index is 12.0. The number of carbonyl (C=O) groups is 1. The molecule has 1 aliphatic heterocycles. The average molecular weight is 274 g/mol. The molecule has 2 aromatic rings. The van der Waals surface area contributed by atoms with Crippen molar-refractivity contribution in [3.05, 3.63) is 40.7 Å². The van der Waals surface area contributed by atoms with E-state index in [0.717, 1.165) is 5.52 Å². The quantitative estimate of drug-likeness (QED) is 0.852. The van der Waals surface area contributed by atoms with E-state index in [-0.39, 0.29) is 17.9 Å². The molecule has 2 heterocycles. The molecule has 2 N–H and O–H groups in total. The number of hydrogen-bond donors (Lipinski definition) is 2. The molecular weight excluding hydrogens is 260 g/mol. The Morgan fingerprint density at radius 1 is 1.30 bits per heavy atom. The predicted molar refractivity (Wildman–Crippen MR) is 73.8 cm³/mol. The third kappa shape index (κ3) is 2.56. The topological polar surface area (TPSA) is 80.4 Å². The van der Waals surface area contributed by atoms with Crippen molar-refractivity contribution in [2.45, 2.75) is 6.10 Å². The van der Waals surface area contributed by atoms with Gasteiger partial charge in [-0.1, -0.05) is 0 Å². The molecule has 1 aliphatic rings. The van der Waals surface area contributed by atoms with Gasteiger partial charge in [0.15, 0.2) is 11.5 Å². The number of aromatic amines is 1. The number of ether oxygens (including phenoxy) is 2. The fourth-order valence-corrected chi connectivity index (χ4v) is 2.11. The SMILES string of the molecule is O=C(Nc1ccc2[nH]ccc(=O)c2c1)C1COCCO1. The maximum absolute atomic E-state index is 12.0. The zero-order valence-electron chi connectivity index (χ0n) is 10.7. The minimum atomic E-state index is -0.603. The number of H-pyrrole nitrogens is 1. The fourth-order valence-electron chi connectivity index (χ4n) is 2.11. The van der Waals surface area contributed by atoms with Crippen LogP contribution in [-0.2, 0) is 14.3 Å². The highest BCUT2D eigenvalue weighted by Gasteiger charge is 2.22. The standard InChI is InChI=1S/C14H14N2O4/c17-12-3-4-15-11-2-1-9(7-10(11)12)16-14(18)13-8-19-5-6-20-13/h1-4,7,13H,5-6,8H2,(H,15,17)(H,16,18). The fraction of sp³-hybridized carbons (Fsp3) is 0.286. The highest BCUT2D eigenvalue weighted by Crippen LogP contribution is 2.15. The normalized spacial score (nSPS) is 18.9. The number of benzene rings is 1. The Hall–Kier alpha value is -2.18. The van der Waals surface area contributed by atoms with Crippen molar-refractivity contribution in [3.63, 3.8) is 0 Å². The van der Waals surface area contributed by atoms with Gasteiger partial charge in [0.05, 0.1) is 19.8 Å². The molecule has 1 atom stereocenters. The second kappa shape index (κ2) is 5.44. The molecule has 1 aromatic heterocycles. The van der Waals surface area contributed by atoms with E-state index in [1.54, 1.807) is 24.4 Å². The smallest absolute Gasteiger partial charge is 0.255 e. The summed E-state index contributed by atoms with van der Waals surface area (Å²) in [7, 11) is 0. The van der Waals surface area contributed by atoms with Crippen molar-refractivity contribution < 1.29 is 14.3 Å². The summed E-state index contributed by atoms with van der Waals surface area (Å²) >= 11 is 0. The van der Waals surface area contributed by atoms with Crippen LogP contribution in [0.3, 0.4) is 0 Å². The summed E-state index contributed by atoms with van der Waals surface area (Å²) in [6, 6.07) is 6.59. The van der Waals surface area contributed by atoms with Crippen LogP contribution in [0.25, 0.3) is 10.9 Å². The van der Waals surface area contributed by atoms with E-state index in [1.807, 2.05) is 0 Å². The van der Waals surface area contributed by atoms with Crippen molar-refractivity contribution in [2.24, 2.45) is 0 Å². The van der Waals surface area contributed by atoms with Crippen LogP contribution >= 0.6 is 0 Å². The number of aromatic nitrogens is 1. The van der Waals surface area contributed by atoms with E-state index in [4.69, 9.17) is 9.47 Å². The minimum Gasteiger partial charge on any atom is -0.376 e. The van der Waals surface area contributed by atoms with Crippen LogP contribution in [0.2, 0.25) is 0 Å². The summed E-state index contributed by atoms with van der Waals surface area (Å²) in [4.78, 5) is 26.7. The van der Waals surface area contributed by atoms with E-state index >= 15 is 0 Å². The van der Waals surface area contributed by atoms with Crippen LogP contribution in [0.5, 0.6) is 0 Å². The second-order valence-electron chi connectivity index (χ2n) is 4.53. The number of hydrogen-bond acceptors (Lipinski definition) is 4. The summed E-state index contributed by atoms with van der Waals surface area (Å²) in [6.45, 7) is 1.17. The lowest BCUT2D eigenvalue weighted by molar-refractivity contribution is -0.142. The zero-order chi connectivity index (χ0) is 13.9. The number of nitrogens with one attached hydrogen (secondary N) is 2. The summed E-state index contributed by atoms with van der Waals surface area (Å²) in [5, 5.41) is 3.27. The van der Waals surface area contributed by atoms with Crippen LogP contribution in [0.15, 0.2) is 35.3 Å². The van der Waals surface area contributed by atoms with Crippen LogP contribution in [0.1, 0.15) is 0 Å². The summed E-state index contributed by atoms with van der Waals surface area (Å²) in [5.74, 6) is -0.267. The largest absolute Gasteiger partial charge is 0.376 e. The van der Waals surface area contributed by atoms with Gasteiger partial charge in [-0.3, -0.25) is 9.59 Å². The Balaban J connectivity index is 1.82. The molecule has 1 fully saturated rings. The van der Waals surface area contributed by atoms with Crippen LogP contribution < -0.4 is 10.7 Å². The molecule has 3 rings (SSSR count). The molecule has 1 unspecified atom stereocenters. The lowest BCUT2D eigenvalue weighted by Crippen LogP contribution is -2.39. The van der Waals surface area contributed by atoms with E-state index < -0.39 is 6.10 Å². The Morgan fingerprint density at radius 2 is 2.20 bits per heavy atom. The van der Waals surface area contributed by atoms with E-state index in [1.165, 1.54) is 6.07 Å². The molecule has 0 aliphatic carbocycles. The molecule has 0 saturated carbocycles. The molecule has 6 heteroatoms. The first-order valence-corrected chi connectivity index (χ1v) is 6.36. The van der Waals surface area contributed by atoms with Crippen LogP contribution in [-0.4, -0.2) is 36.8 Å². The Morgan fingerprint density at radius 3 is 3.00 bits per heavy atom. The summed E-state index contributed by atoms with van der Waals surface area (Å²) in [5.41, 5.74) is 1.20. The molecule has 6 nitrogen and oxygen atoms in total. The van der Waals surface area contributed by atoms with E-state index in [0.29, 0.717) is 24.3 Å². The number of fused-ring (bicyclic) bond motifs is 1. The first-order valence-electron chi connectivity index (χ1n) is 6.36. The molecule has 0 radical (unpaired) electrons. The summed E-state index contributed by atoms with van der Waals surface area (Å²) in [6.07, 6.45) is 0.990. The van der Waals surface area contributed by atoms with Crippen molar-refractivity contribution in [1.82, 2.24) is 4.98 Å². The average Bonchev–Trinajstić information content (AvgIpc) is 2.49. The molecule has 1 aromatic carbocycles. The molecule has 0 spiro atoms. The van der Waals surface area contributed by atoms with E-state index in [2.05, 4.69) is 10.3 Å². The number of carbonyl (C=O) groups excluding carboxylic acids is 1. The molecule has 1 saturated heterocycles. The minimum absolute atomic E-state index is 0.0906. The number of amides is 1. The van der Waals surface area contributed by atoms with Gasteiger partial charge >= 0.3 is 0 Å². The highest BCUT2D eigenvalue weighted by atomic mass is 16.6.